The largest absolute Gasteiger partial charge is 0.495 e. The van der Waals surface area contributed by atoms with Gasteiger partial charge in [0.15, 0.2) is 0 Å². The van der Waals surface area contributed by atoms with E-state index in [1.54, 1.807) is 7.11 Å². The van der Waals surface area contributed by atoms with Crippen LogP contribution in [0.4, 0.5) is 0 Å². The molecule has 86 valence electrons. The number of para-hydroxylation sites is 1. The molecule has 0 saturated heterocycles. The number of nitrogens with zero attached hydrogens (tertiary/aromatic N) is 1. The minimum Gasteiger partial charge on any atom is -0.495 e. The van der Waals surface area contributed by atoms with Crippen LogP contribution in [0.3, 0.4) is 0 Å². The molecule has 0 radical (unpaired) electrons. The first kappa shape index (κ1) is 11.3. The van der Waals surface area contributed by atoms with Crippen molar-refractivity contribution in [1.82, 2.24) is 4.57 Å². The Bertz CT molecular complexity index is 519. The molecule has 1 aromatic carbocycles. The van der Waals surface area contributed by atoms with Crippen molar-refractivity contribution >= 4 is 22.5 Å². The van der Waals surface area contributed by atoms with Crippen molar-refractivity contribution in [1.29, 1.82) is 0 Å². The zero-order valence-corrected chi connectivity index (χ0v) is 10.2. The molecule has 0 atom stereocenters. The van der Waals surface area contributed by atoms with Crippen LogP contribution >= 0.6 is 11.6 Å². The molecule has 3 nitrogen and oxygen atoms in total. The molecule has 0 saturated carbocycles. The monoisotopic (exact) mass is 238 g/mol. The lowest BCUT2D eigenvalue weighted by atomic mass is 10.1. The number of benzene rings is 1. The van der Waals surface area contributed by atoms with E-state index in [1.165, 1.54) is 0 Å². The third-order valence-corrected chi connectivity index (χ3v) is 3.30. The molecule has 0 spiro atoms. The van der Waals surface area contributed by atoms with Crippen LogP contribution in [0.15, 0.2) is 18.2 Å². The second-order valence-corrected chi connectivity index (χ2v) is 4.08. The molecule has 0 bridgehead atoms. The summed E-state index contributed by atoms with van der Waals surface area (Å²) in [6, 6.07) is 5.96. The van der Waals surface area contributed by atoms with Crippen molar-refractivity contribution in [2.75, 3.05) is 13.7 Å². The molecule has 1 heterocycles. The fraction of sp³-hybridized carbons (Fsp3) is 0.333. The molecule has 4 heteroatoms. The number of rotatable bonds is 3. The molecule has 16 heavy (non-hydrogen) atoms. The average Bonchev–Trinajstić information content (AvgIpc) is 2.55. The fourth-order valence-electron chi connectivity index (χ4n) is 2.07. The minimum absolute atomic E-state index is 0.593. The van der Waals surface area contributed by atoms with Gasteiger partial charge in [0.25, 0.3) is 0 Å². The summed E-state index contributed by atoms with van der Waals surface area (Å²) in [5, 5.41) is 1.86. The summed E-state index contributed by atoms with van der Waals surface area (Å²) in [7, 11) is 3.60. The summed E-state index contributed by atoms with van der Waals surface area (Å²) in [5.74, 6) is 0.838. The van der Waals surface area contributed by atoms with Crippen LogP contribution in [-0.2, 0) is 13.5 Å². The van der Waals surface area contributed by atoms with Gasteiger partial charge in [0.1, 0.15) is 10.9 Å². The Balaban J connectivity index is 2.78. The molecule has 0 aliphatic rings. The van der Waals surface area contributed by atoms with Crippen molar-refractivity contribution in [2.24, 2.45) is 12.8 Å². The quantitative estimate of drug-likeness (QED) is 0.892. The van der Waals surface area contributed by atoms with Crippen LogP contribution in [0, 0.1) is 0 Å². The smallest absolute Gasteiger partial charge is 0.143 e. The molecule has 0 fully saturated rings. The zero-order valence-electron chi connectivity index (χ0n) is 9.46. The Hall–Kier alpha value is -1.19. The Morgan fingerprint density at radius 3 is 2.81 bits per heavy atom. The van der Waals surface area contributed by atoms with E-state index in [0.29, 0.717) is 6.54 Å². The van der Waals surface area contributed by atoms with E-state index < -0.39 is 0 Å². The lowest BCUT2D eigenvalue weighted by Crippen LogP contribution is -2.02. The molecular weight excluding hydrogens is 224 g/mol. The second-order valence-electron chi connectivity index (χ2n) is 3.72. The molecular formula is C12H15ClN2O. The van der Waals surface area contributed by atoms with Gasteiger partial charge in [-0.05, 0) is 24.6 Å². The summed E-state index contributed by atoms with van der Waals surface area (Å²) in [6.07, 6.45) is 0.781. The van der Waals surface area contributed by atoms with E-state index in [0.717, 1.165) is 33.8 Å². The third kappa shape index (κ3) is 1.56. The first-order valence-corrected chi connectivity index (χ1v) is 5.58. The van der Waals surface area contributed by atoms with Crippen LogP contribution in [0.25, 0.3) is 10.9 Å². The lowest BCUT2D eigenvalue weighted by molar-refractivity contribution is 0.418. The summed E-state index contributed by atoms with van der Waals surface area (Å²) in [5.41, 5.74) is 7.73. The van der Waals surface area contributed by atoms with E-state index >= 15 is 0 Å². The molecule has 0 amide bonds. The predicted octanol–water partition coefficient (Wildman–Crippen LogP) is 2.34. The number of aromatic nitrogens is 1. The summed E-state index contributed by atoms with van der Waals surface area (Å²) in [4.78, 5) is 0. The van der Waals surface area contributed by atoms with E-state index in [2.05, 4.69) is 6.07 Å². The first-order valence-electron chi connectivity index (χ1n) is 5.20. The van der Waals surface area contributed by atoms with E-state index in [-0.39, 0.29) is 0 Å². The van der Waals surface area contributed by atoms with Gasteiger partial charge >= 0.3 is 0 Å². The number of hydrogen-bond donors (Lipinski definition) is 1. The summed E-state index contributed by atoms with van der Waals surface area (Å²) < 4.78 is 7.29. The normalized spacial score (nSPS) is 11.0. The standard InChI is InChI=1S/C12H15ClN2O/c1-15-11-8(4-3-5-10(11)16-2)9(6-7-14)12(15)13/h3-5H,6-7,14H2,1-2H3. The maximum Gasteiger partial charge on any atom is 0.143 e. The molecule has 1 aromatic heterocycles. The first-order chi connectivity index (χ1) is 7.70. The van der Waals surface area contributed by atoms with Crippen LogP contribution in [0.1, 0.15) is 5.56 Å². The molecule has 0 unspecified atom stereocenters. The topological polar surface area (TPSA) is 40.2 Å². The molecule has 0 aliphatic heterocycles. The number of fused-ring (bicyclic) bond motifs is 1. The van der Waals surface area contributed by atoms with Crippen molar-refractivity contribution in [3.8, 4) is 5.75 Å². The average molecular weight is 239 g/mol. The van der Waals surface area contributed by atoms with E-state index in [9.17, 15) is 0 Å². The Morgan fingerprint density at radius 1 is 1.44 bits per heavy atom. The Morgan fingerprint density at radius 2 is 2.19 bits per heavy atom. The SMILES string of the molecule is COc1cccc2c(CCN)c(Cl)n(C)c12. The minimum atomic E-state index is 0.593. The highest BCUT2D eigenvalue weighted by Gasteiger charge is 2.15. The molecule has 2 aromatic rings. The van der Waals surface area contributed by atoms with Gasteiger partial charge < -0.3 is 15.0 Å². The van der Waals surface area contributed by atoms with E-state index in [1.807, 2.05) is 23.7 Å². The van der Waals surface area contributed by atoms with Crippen molar-refractivity contribution in [3.05, 3.63) is 28.9 Å². The highest BCUT2D eigenvalue weighted by Crippen LogP contribution is 2.34. The lowest BCUT2D eigenvalue weighted by Gasteiger charge is -2.04. The number of methoxy groups -OCH3 is 1. The predicted molar refractivity (Wildman–Crippen MR) is 67.2 cm³/mol. The van der Waals surface area contributed by atoms with Gasteiger partial charge in [0.05, 0.1) is 12.6 Å². The Labute approximate surface area is 99.7 Å². The highest BCUT2D eigenvalue weighted by atomic mass is 35.5. The second kappa shape index (κ2) is 4.36. The van der Waals surface area contributed by atoms with Crippen molar-refractivity contribution < 1.29 is 4.74 Å². The molecule has 2 rings (SSSR count). The number of hydrogen-bond acceptors (Lipinski definition) is 2. The van der Waals surface area contributed by atoms with Gasteiger partial charge in [0, 0.05) is 12.4 Å². The number of ether oxygens (including phenoxy) is 1. The summed E-state index contributed by atoms with van der Waals surface area (Å²) in [6.45, 7) is 0.593. The van der Waals surface area contributed by atoms with Gasteiger partial charge in [0.2, 0.25) is 0 Å². The number of halogens is 1. The highest BCUT2D eigenvalue weighted by molar-refractivity contribution is 6.32. The third-order valence-electron chi connectivity index (χ3n) is 2.82. The number of nitrogens with two attached hydrogens (primary N) is 1. The van der Waals surface area contributed by atoms with Crippen LogP contribution in [-0.4, -0.2) is 18.2 Å². The maximum absolute atomic E-state index is 6.30. The maximum atomic E-state index is 6.30. The van der Waals surface area contributed by atoms with Crippen LogP contribution < -0.4 is 10.5 Å². The van der Waals surface area contributed by atoms with Crippen LogP contribution in [0.5, 0.6) is 5.75 Å². The van der Waals surface area contributed by atoms with Gasteiger partial charge in [-0.15, -0.1) is 0 Å². The van der Waals surface area contributed by atoms with Gasteiger partial charge in [-0.25, -0.2) is 0 Å². The van der Waals surface area contributed by atoms with Crippen LogP contribution in [0.2, 0.25) is 5.15 Å². The van der Waals surface area contributed by atoms with Gasteiger partial charge in [-0.1, -0.05) is 23.7 Å². The molecule has 2 N–H and O–H groups in total. The van der Waals surface area contributed by atoms with Gasteiger partial charge in [-0.2, -0.15) is 0 Å². The van der Waals surface area contributed by atoms with Gasteiger partial charge in [-0.3, -0.25) is 0 Å². The van der Waals surface area contributed by atoms with Crippen molar-refractivity contribution in [3.63, 3.8) is 0 Å². The number of aryl methyl sites for hydroxylation is 1. The zero-order chi connectivity index (χ0) is 11.7. The molecule has 0 aliphatic carbocycles. The van der Waals surface area contributed by atoms with E-state index in [4.69, 9.17) is 22.1 Å². The van der Waals surface area contributed by atoms with Crippen molar-refractivity contribution in [2.45, 2.75) is 6.42 Å². The Kier molecular flexibility index (Phi) is 3.08. The summed E-state index contributed by atoms with van der Waals surface area (Å²) >= 11 is 6.30. The fourth-order valence-corrected chi connectivity index (χ4v) is 2.35.